The molecule has 0 N–H and O–H groups in total. The number of nitriles is 1. The van der Waals surface area contributed by atoms with Gasteiger partial charge in [0.15, 0.2) is 0 Å². The lowest BCUT2D eigenvalue weighted by Gasteiger charge is -2.44. The van der Waals surface area contributed by atoms with Crippen molar-refractivity contribution in [2.75, 3.05) is 0 Å². The zero-order valence-electron chi connectivity index (χ0n) is 11.3. The van der Waals surface area contributed by atoms with Crippen LogP contribution in [0.5, 0.6) is 0 Å². The van der Waals surface area contributed by atoms with Crippen LogP contribution in [-0.4, -0.2) is 11.6 Å². The normalized spacial score (nSPS) is 28.2. The summed E-state index contributed by atoms with van der Waals surface area (Å²) in [4.78, 5) is 24.7. The van der Waals surface area contributed by atoms with Crippen LogP contribution in [-0.2, 0) is 10.2 Å². The number of nitrogens with zero attached hydrogens (tertiary/aromatic N) is 1. The number of allylic oxidation sites excluding steroid dienone is 2. The summed E-state index contributed by atoms with van der Waals surface area (Å²) in [6, 6.07) is 9.48. The van der Waals surface area contributed by atoms with E-state index in [-0.39, 0.29) is 18.1 Å². The Balaban J connectivity index is 2.28. The molecule has 2 aliphatic rings. The van der Waals surface area contributed by atoms with Crippen molar-refractivity contribution in [2.24, 2.45) is 5.92 Å². The van der Waals surface area contributed by atoms with Gasteiger partial charge in [-0.25, -0.2) is 0 Å². The van der Waals surface area contributed by atoms with E-state index in [0.717, 1.165) is 11.1 Å². The van der Waals surface area contributed by atoms with Crippen LogP contribution in [0.1, 0.15) is 42.1 Å². The van der Waals surface area contributed by atoms with E-state index < -0.39 is 11.2 Å². The first kappa shape index (κ1) is 12.8. The number of rotatable bonds is 1. The standard InChI is InChI=1S/C17H15NO2/c1-11-6-7-17(8-9-18)13-5-3-2-4-12(13)15(19)16(20)14(17)10-11/h2-6,14H,7-8,10H2,1H3/t14-,17-/m0/s1. The highest BCUT2D eigenvalue weighted by molar-refractivity contribution is 6.46. The number of carbonyl (C=O) groups is 2. The van der Waals surface area contributed by atoms with Crippen LogP contribution in [0.4, 0.5) is 0 Å². The first-order chi connectivity index (χ1) is 9.60. The zero-order chi connectivity index (χ0) is 14.3. The molecule has 0 saturated heterocycles. The fraction of sp³-hybridized carbons (Fsp3) is 0.353. The molecule has 3 nitrogen and oxygen atoms in total. The molecule has 0 fully saturated rings. The number of hydrogen-bond acceptors (Lipinski definition) is 3. The highest BCUT2D eigenvalue weighted by Gasteiger charge is 2.52. The molecule has 3 rings (SSSR count). The van der Waals surface area contributed by atoms with Crippen LogP contribution < -0.4 is 0 Å². The molecule has 2 atom stereocenters. The molecule has 0 amide bonds. The van der Waals surface area contributed by atoms with Crippen LogP contribution in [0, 0.1) is 17.2 Å². The maximum absolute atomic E-state index is 12.5. The monoisotopic (exact) mass is 265 g/mol. The van der Waals surface area contributed by atoms with Gasteiger partial charge in [-0.15, -0.1) is 0 Å². The second-order valence-corrected chi connectivity index (χ2v) is 5.74. The van der Waals surface area contributed by atoms with E-state index in [1.165, 1.54) is 0 Å². The third-order valence-electron chi connectivity index (χ3n) is 4.65. The Morgan fingerprint density at radius 1 is 1.35 bits per heavy atom. The summed E-state index contributed by atoms with van der Waals surface area (Å²) in [6.45, 7) is 1.98. The van der Waals surface area contributed by atoms with Crippen LogP contribution in [0.2, 0.25) is 0 Å². The van der Waals surface area contributed by atoms with Crippen LogP contribution in [0.3, 0.4) is 0 Å². The topological polar surface area (TPSA) is 57.9 Å². The van der Waals surface area contributed by atoms with Gasteiger partial charge in [0.25, 0.3) is 0 Å². The first-order valence-corrected chi connectivity index (χ1v) is 6.81. The number of fused-ring (bicyclic) bond motifs is 3. The maximum atomic E-state index is 12.5. The second-order valence-electron chi connectivity index (χ2n) is 5.74. The van der Waals surface area contributed by atoms with E-state index in [1.807, 2.05) is 19.1 Å². The Hall–Kier alpha value is -2.21. The minimum atomic E-state index is -0.518. The van der Waals surface area contributed by atoms with Gasteiger partial charge in [-0.2, -0.15) is 5.26 Å². The summed E-state index contributed by atoms with van der Waals surface area (Å²) < 4.78 is 0. The highest BCUT2D eigenvalue weighted by Crippen LogP contribution is 2.50. The molecular weight excluding hydrogens is 250 g/mol. The zero-order valence-corrected chi connectivity index (χ0v) is 11.3. The van der Waals surface area contributed by atoms with Gasteiger partial charge in [-0.1, -0.05) is 35.9 Å². The summed E-state index contributed by atoms with van der Waals surface area (Å²) in [7, 11) is 0. The lowest BCUT2D eigenvalue weighted by molar-refractivity contribution is -0.121. The quantitative estimate of drug-likeness (QED) is 0.579. The molecule has 1 aromatic rings. The number of ketones is 2. The Morgan fingerprint density at radius 3 is 2.85 bits per heavy atom. The van der Waals surface area contributed by atoms with Gasteiger partial charge in [0.2, 0.25) is 11.6 Å². The Kier molecular flexibility index (Phi) is 2.83. The Bertz CT molecular complexity index is 680. The van der Waals surface area contributed by atoms with E-state index in [2.05, 4.69) is 12.1 Å². The van der Waals surface area contributed by atoms with Gasteiger partial charge < -0.3 is 0 Å². The third kappa shape index (κ3) is 1.58. The number of Topliss-reactive ketones (excluding diaryl/α,β-unsaturated/α-hetero) is 2. The lowest BCUT2D eigenvalue weighted by Crippen LogP contribution is -2.49. The fourth-order valence-electron chi connectivity index (χ4n) is 3.58. The van der Waals surface area contributed by atoms with Gasteiger partial charge >= 0.3 is 0 Å². The van der Waals surface area contributed by atoms with Crippen molar-refractivity contribution >= 4 is 11.6 Å². The van der Waals surface area contributed by atoms with Crippen LogP contribution in [0.25, 0.3) is 0 Å². The molecule has 0 saturated carbocycles. The molecule has 0 radical (unpaired) electrons. The molecule has 3 heteroatoms. The lowest BCUT2D eigenvalue weighted by atomic mass is 9.56. The van der Waals surface area contributed by atoms with E-state index in [9.17, 15) is 14.9 Å². The third-order valence-corrected chi connectivity index (χ3v) is 4.65. The smallest absolute Gasteiger partial charge is 0.229 e. The summed E-state index contributed by atoms with van der Waals surface area (Å²) in [5.41, 5.74) is 1.97. The molecule has 100 valence electrons. The average Bonchev–Trinajstić information content (AvgIpc) is 2.47. The highest BCUT2D eigenvalue weighted by atomic mass is 16.2. The van der Waals surface area contributed by atoms with Crippen molar-refractivity contribution in [3.63, 3.8) is 0 Å². The van der Waals surface area contributed by atoms with Crippen molar-refractivity contribution in [1.29, 1.82) is 5.26 Å². The first-order valence-electron chi connectivity index (χ1n) is 6.81. The van der Waals surface area contributed by atoms with Crippen molar-refractivity contribution in [3.05, 3.63) is 47.0 Å². The molecule has 20 heavy (non-hydrogen) atoms. The molecular formula is C17H15NO2. The minimum absolute atomic E-state index is 0.275. The molecule has 0 heterocycles. The average molecular weight is 265 g/mol. The predicted molar refractivity (Wildman–Crippen MR) is 74.2 cm³/mol. The summed E-state index contributed by atoms with van der Waals surface area (Å²) in [5, 5.41) is 9.23. The fourth-order valence-corrected chi connectivity index (χ4v) is 3.58. The van der Waals surface area contributed by atoms with E-state index in [4.69, 9.17) is 0 Å². The maximum Gasteiger partial charge on any atom is 0.229 e. The molecule has 0 aromatic heterocycles. The minimum Gasteiger partial charge on any atom is -0.290 e. The molecule has 0 spiro atoms. The van der Waals surface area contributed by atoms with Crippen molar-refractivity contribution in [2.45, 2.75) is 31.6 Å². The van der Waals surface area contributed by atoms with Gasteiger partial charge in [0, 0.05) is 23.3 Å². The summed E-state index contributed by atoms with van der Waals surface area (Å²) in [5.74, 6) is -1.10. The Morgan fingerprint density at radius 2 is 2.10 bits per heavy atom. The van der Waals surface area contributed by atoms with Crippen LogP contribution in [0.15, 0.2) is 35.9 Å². The van der Waals surface area contributed by atoms with E-state index >= 15 is 0 Å². The van der Waals surface area contributed by atoms with E-state index in [0.29, 0.717) is 18.4 Å². The number of carbonyl (C=O) groups excluding carboxylic acids is 2. The summed E-state index contributed by atoms with van der Waals surface area (Å²) >= 11 is 0. The molecule has 0 aliphatic heterocycles. The van der Waals surface area contributed by atoms with Gasteiger partial charge in [-0.05, 0) is 25.3 Å². The molecule has 2 aliphatic carbocycles. The predicted octanol–water partition coefficient (Wildman–Crippen LogP) is 2.96. The summed E-state index contributed by atoms with van der Waals surface area (Å²) in [6.07, 6.45) is 3.62. The Labute approximate surface area is 117 Å². The van der Waals surface area contributed by atoms with Crippen molar-refractivity contribution in [3.8, 4) is 6.07 Å². The molecule has 0 unspecified atom stereocenters. The van der Waals surface area contributed by atoms with Crippen molar-refractivity contribution in [1.82, 2.24) is 0 Å². The van der Waals surface area contributed by atoms with Crippen LogP contribution >= 0.6 is 0 Å². The SMILES string of the molecule is CC1=CC[C@]2(CC#N)c3ccccc3C(=O)C(=O)[C@@H]2C1. The number of benzene rings is 1. The largest absolute Gasteiger partial charge is 0.290 e. The second kappa shape index (κ2) is 4.42. The van der Waals surface area contributed by atoms with E-state index in [1.54, 1.807) is 12.1 Å². The number of hydrogen-bond donors (Lipinski definition) is 0. The van der Waals surface area contributed by atoms with Crippen molar-refractivity contribution < 1.29 is 9.59 Å². The molecule has 1 aromatic carbocycles. The van der Waals surface area contributed by atoms with Gasteiger partial charge in [0.1, 0.15) is 0 Å². The van der Waals surface area contributed by atoms with Gasteiger partial charge in [-0.3, -0.25) is 9.59 Å². The van der Waals surface area contributed by atoms with Gasteiger partial charge in [0.05, 0.1) is 6.07 Å². The molecule has 0 bridgehead atoms.